The highest BCUT2D eigenvalue weighted by molar-refractivity contribution is 5.93. The van der Waals surface area contributed by atoms with Crippen LogP contribution in [0.15, 0.2) is 69.0 Å². The van der Waals surface area contributed by atoms with Crippen molar-refractivity contribution in [3.05, 3.63) is 97.0 Å². The molecular weight excluding hydrogens is 454 g/mol. The van der Waals surface area contributed by atoms with Crippen LogP contribution in [-0.2, 0) is 7.05 Å². The SMILES string of the molecule is C.Cc1[nH]c2ccc(Nc3cc(=O)n(C)c4c3c(=O)n(C3CC3)c(=O)n4-c3ccccc3)cc2c1C. The van der Waals surface area contributed by atoms with Crippen molar-refractivity contribution in [2.75, 3.05) is 5.32 Å². The number of fused-ring (bicyclic) bond motifs is 2. The Kier molecular flexibility index (Phi) is 5.47. The minimum Gasteiger partial charge on any atom is -0.358 e. The minimum atomic E-state index is -0.428. The Hall–Kier alpha value is -4.33. The summed E-state index contributed by atoms with van der Waals surface area (Å²) in [6.07, 6.45) is 1.57. The standard InChI is InChI=1S/C27H25N5O3.CH4/c1-15-16(2)28-21-12-9-17(13-20(15)21)29-22-14-23(33)30(3)25-24(22)26(34)32(19-10-11-19)27(35)31(25)18-7-5-4-6-8-18;/h4-9,12-14,19,28-29H,10-11H2,1-3H3;1H4. The van der Waals surface area contributed by atoms with Gasteiger partial charge in [0.15, 0.2) is 0 Å². The highest BCUT2D eigenvalue weighted by atomic mass is 16.2. The van der Waals surface area contributed by atoms with Gasteiger partial charge in [0.1, 0.15) is 11.0 Å². The highest BCUT2D eigenvalue weighted by Gasteiger charge is 2.30. The number of anilines is 2. The van der Waals surface area contributed by atoms with Gasteiger partial charge in [-0.25, -0.2) is 9.36 Å². The fourth-order valence-electron chi connectivity index (χ4n) is 4.82. The number of para-hydroxylation sites is 1. The van der Waals surface area contributed by atoms with Gasteiger partial charge in [0.2, 0.25) is 0 Å². The van der Waals surface area contributed by atoms with Gasteiger partial charge < -0.3 is 10.3 Å². The molecule has 0 radical (unpaired) electrons. The van der Waals surface area contributed by atoms with Gasteiger partial charge in [-0.3, -0.25) is 18.7 Å². The highest BCUT2D eigenvalue weighted by Crippen LogP contribution is 2.34. The van der Waals surface area contributed by atoms with E-state index in [9.17, 15) is 14.4 Å². The first kappa shape index (κ1) is 23.4. The number of pyridine rings is 1. The summed E-state index contributed by atoms with van der Waals surface area (Å²) in [5, 5.41) is 4.69. The average Bonchev–Trinajstić information content (AvgIpc) is 3.63. The third-order valence-corrected chi connectivity index (χ3v) is 6.96. The minimum absolute atomic E-state index is 0. The molecule has 0 atom stereocenters. The molecule has 0 saturated heterocycles. The molecular formula is C28H29N5O3. The summed E-state index contributed by atoms with van der Waals surface area (Å²) in [6, 6.07) is 16.3. The quantitative estimate of drug-likeness (QED) is 0.389. The summed E-state index contributed by atoms with van der Waals surface area (Å²) in [6.45, 7) is 4.08. The van der Waals surface area contributed by atoms with Gasteiger partial charge in [0, 0.05) is 41.4 Å². The van der Waals surface area contributed by atoms with E-state index in [4.69, 9.17) is 0 Å². The molecule has 184 valence electrons. The van der Waals surface area contributed by atoms with Gasteiger partial charge in [-0.05, 0) is 62.6 Å². The molecule has 1 aliphatic carbocycles. The first-order valence-electron chi connectivity index (χ1n) is 11.7. The van der Waals surface area contributed by atoms with Crippen LogP contribution in [0.1, 0.15) is 37.6 Å². The monoisotopic (exact) mass is 483 g/mol. The van der Waals surface area contributed by atoms with E-state index in [2.05, 4.69) is 17.2 Å². The van der Waals surface area contributed by atoms with Gasteiger partial charge >= 0.3 is 5.69 Å². The van der Waals surface area contributed by atoms with Crippen molar-refractivity contribution < 1.29 is 0 Å². The summed E-state index contributed by atoms with van der Waals surface area (Å²) in [5.41, 5.74) is 4.14. The van der Waals surface area contributed by atoms with Crippen LogP contribution in [0.25, 0.3) is 27.6 Å². The average molecular weight is 484 g/mol. The Labute approximate surface area is 207 Å². The zero-order valence-corrected chi connectivity index (χ0v) is 19.8. The number of benzene rings is 2. The van der Waals surface area contributed by atoms with Crippen molar-refractivity contribution in [3.8, 4) is 5.69 Å². The molecule has 0 unspecified atom stereocenters. The molecule has 1 aliphatic rings. The van der Waals surface area contributed by atoms with Crippen LogP contribution >= 0.6 is 0 Å². The van der Waals surface area contributed by atoms with Crippen LogP contribution in [0.4, 0.5) is 11.4 Å². The number of aromatic nitrogens is 4. The van der Waals surface area contributed by atoms with Crippen LogP contribution in [0.2, 0.25) is 0 Å². The number of rotatable bonds is 4. The molecule has 8 heteroatoms. The van der Waals surface area contributed by atoms with E-state index in [0.29, 0.717) is 16.8 Å². The predicted octanol–water partition coefficient (Wildman–Crippen LogP) is 4.66. The molecule has 0 bridgehead atoms. The Morgan fingerprint density at radius 2 is 1.69 bits per heavy atom. The topological polar surface area (TPSA) is 93.8 Å². The summed E-state index contributed by atoms with van der Waals surface area (Å²) in [7, 11) is 1.59. The molecule has 0 amide bonds. The second-order valence-corrected chi connectivity index (χ2v) is 9.27. The molecule has 5 aromatic rings. The van der Waals surface area contributed by atoms with Crippen molar-refractivity contribution >= 4 is 33.3 Å². The van der Waals surface area contributed by atoms with Gasteiger partial charge in [0.25, 0.3) is 11.1 Å². The smallest absolute Gasteiger partial charge is 0.337 e. The van der Waals surface area contributed by atoms with E-state index < -0.39 is 5.69 Å². The fourth-order valence-corrected chi connectivity index (χ4v) is 4.82. The molecule has 3 heterocycles. The molecule has 0 spiro atoms. The van der Waals surface area contributed by atoms with Crippen molar-refractivity contribution in [1.29, 1.82) is 0 Å². The van der Waals surface area contributed by atoms with Crippen molar-refractivity contribution in [1.82, 2.24) is 18.7 Å². The molecule has 0 aliphatic heterocycles. The third kappa shape index (κ3) is 3.48. The maximum absolute atomic E-state index is 13.7. The van der Waals surface area contributed by atoms with Gasteiger partial charge in [-0.1, -0.05) is 25.6 Å². The molecule has 2 aromatic carbocycles. The van der Waals surface area contributed by atoms with E-state index in [1.54, 1.807) is 19.2 Å². The number of aromatic amines is 1. The van der Waals surface area contributed by atoms with Crippen LogP contribution < -0.4 is 22.1 Å². The summed E-state index contributed by atoms with van der Waals surface area (Å²) < 4.78 is 4.19. The number of H-pyrrole nitrogens is 1. The molecule has 6 rings (SSSR count). The zero-order chi connectivity index (χ0) is 24.4. The number of hydrogen-bond acceptors (Lipinski definition) is 4. The van der Waals surface area contributed by atoms with Crippen molar-refractivity contribution in [3.63, 3.8) is 0 Å². The molecule has 8 nitrogen and oxygen atoms in total. The van der Waals surface area contributed by atoms with Gasteiger partial charge in [-0.2, -0.15) is 0 Å². The molecule has 1 fully saturated rings. The lowest BCUT2D eigenvalue weighted by molar-refractivity contribution is 0.637. The molecule has 1 saturated carbocycles. The van der Waals surface area contributed by atoms with Gasteiger partial charge in [0.05, 0.1) is 11.4 Å². The first-order chi connectivity index (χ1) is 16.8. The lowest BCUT2D eigenvalue weighted by Gasteiger charge is -2.18. The maximum atomic E-state index is 13.7. The zero-order valence-electron chi connectivity index (χ0n) is 19.8. The lowest BCUT2D eigenvalue weighted by atomic mass is 10.1. The van der Waals surface area contributed by atoms with Crippen LogP contribution in [-0.4, -0.2) is 18.7 Å². The molecule has 2 N–H and O–H groups in total. The Bertz CT molecular complexity index is 1820. The predicted molar refractivity (Wildman–Crippen MR) is 145 cm³/mol. The van der Waals surface area contributed by atoms with E-state index in [-0.39, 0.29) is 30.2 Å². The first-order valence-corrected chi connectivity index (χ1v) is 11.7. The second-order valence-electron chi connectivity index (χ2n) is 9.27. The second kappa shape index (κ2) is 8.41. The van der Waals surface area contributed by atoms with Crippen molar-refractivity contribution in [2.45, 2.75) is 40.2 Å². The fraction of sp³-hybridized carbons (Fsp3) is 0.250. The van der Waals surface area contributed by atoms with Crippen LogP contribution in [0, 0.1) is 13.8 Å². The Morgan fingerprint density at radius 1 is 0.972 bits per heavy atom. The van der Waals surface area contributed by atoms with Gasteiger partial charge in [-0.15, -0.1) is 0 Å². The normalized spacial score (nSPS) is 13.2. The maximum Gasteiger partial charge on any atom is 0.337 e. The summed E-state index contributed by atoms with van der Waals surface area (Å²) in [5.74, 6) is 0. The Balaban J connectivity index is 0.00000267. The van der Waals surface area contributed by atoms with Crippen molar-refractivity contribution in [2.24, 2.45) is 7.05 Å². The number of aryl methyl sites for hydroxylation is 3. The largest absolute Gasteiger partial charge is 0.358 e. The molecule has 36 heavy (non-hydrogen) atoms. The van der Waals surface area contributed by atoms with E-state index in [1.807, 2.05) is 43.3 Å². The summed E-state index contributed by atoms with van der Waals surface area (Å²) >= 11 is 0. The Morgan fingerprint density at radius 3 is 2.39 bits per heavy atom. The number of hydrogen-bond donors (Lipinski definition) is 2. The van der Waals surface area contributed by atoms with Crippen LogP contribution in [0.5, 0.6) is 0 Å². The number of nitrogens with one attached hydrogen (secondary N) is 2. The molecule has 3 aromatic heterocycles. The third-order valence-electron chi connectivity index (χ3n) is 6.96. The van der Waals surface area contributed by atoms with E-state index in [0.717, 1.165) is 40.7 Å². The lowest BCUT2D eigenvalue weighted by Crippen LogP contribution is -2.41. The van der Waals surface area contributed by atoms with E-state index >= 15 is 0 Å². The number of nitrogens with zero attached hydrogens (tertiary/aromatic N) is 3. The van der Waals surface area contributed by atoms with Crippen LogP contribution in [0.3, 0.4) is 0 Å². The van der Waals surface area contributed by atoms with E-state index in [1.165, 1.54) is 19.8 Å². The summed E-state index contributed by atoms with van der Waals surface area (Å²) in [4.78, 5) is 43.7.